The van der Waals surface area contributed by atoms with E-state index in [0.717, 1.165) is 12.1 Å². The van der Waals surface area contributed by atoms with E-state index in [2.05, 4.69) is 17.2 Å². The highest BCUT2D eigenvalue weighted by atomic mass is 16.5. The van der Waals surface area contributed by atoms with E-state index in [0.29, 0.717) is 23.9 Å². The van der Waals surface area contributed by atoms with Gasteiger partial charge in [-0.1, -0.05) is 30.3 Å². The van der Waals surface area contributed by atoms with Crippen molar-refractivity contribution in [3.05, 3.63) is 76.6 Å². The highest BCUT2D eigenvalue weighted by molar-refractivity contribution is 5.63. The van der Waals surface area contributed by atoms with Crippen molar-refractivity contribution in [2.75, 3.05) is 21.3 Å². The molecular weight excluding hydrogens is 342 g/mol. The maximum absolute atomic E-state index is 12.2. The Hall–Kier alpha value is -3.12. The summed E-state index contributed by atoms with van der Waals surface area (Å²) in [6, 6.07) is 19.0. The monoisotopic (exact) mass is 365 g/mol. The molecule has 0 aliphatic rings. The van der Waals surface area contributed by atoms with E-state index >= 15 is 0 Å². The Kier molecular flexibility index (Phi) is 5.88. The Balaban J connectivity index is 1.83. The Bertz CT molecular complexity index is 954. The molecule has 1 aromatic heterocycles. The number of ether oxygens (including phenoxy) is 2. The summed E-state index contributed by atoms with van der Waals surface area (Å²) in [5.41, 5.74) is 2.60. The zero-order valence-corrected chi connectivity index (χ0v) is 15.8. The maximum atomic E-state index is 12.2. The van der Waals surface area contributed by atoms with Gasteiger partial charge < -0.3 is 9.47 Å². The van der Waals surface area contributed by atoms with Crippen LogP contribution < -0.4 is 15.0 Å². The lowest BCUT2D eigenvalue weighted by atomic mass is 10.1. The quantitative estimate of drug-likeness (QED) is 0.644. The fourth-order valence-corrected chi connectivity index (χ4v) is 2.87. The largest absolute Gasteiger partial charge is 0.493 e. The van der Waals surface area contributed by atoms with Crippen molar-refractivity contribution in [1.82, 2.24) is 14.7 Å². The Morgan fingerprint density at radius 3 is 2.41 bits per heavy atom. The van der Waals surface area contributed by atoms with Gasteiger partial charge >= 0.3 is 0 Å². The minimum absolute atomic E-state index is 0.140. The minimum Gasteiger partial charge on any atom is -0.493 e. The van der Waals surface area contributed by atoms with Crippen LogP contribution in [0.1, 0.15) is 5.56 Å². The summed E-state index contributed by atoms with van der Waals surface area (Å²) in [6.45, 7) is 1.13. The van der Waals surface area contributed by atoms with Crippen molar-refractivity contribution in [2.45, 2.75) is 13.2 Å². The first kappa shape index (κ1) is 18.7. The number of rotatable bonds is 7. The summed E-state index contributed by atoms with van der Waals surface area (Å²) >= 11 is 0. The maximum Gasteiger partial charge on any atom is 0.268 e. The van der Waals surface area contributed by atoms with Gasteiger partial charge in [-0.2, -0.15) is 5.10 Å². The molecule has 0 aliphatic carbocycles. The van der Waals surface area contributed by atoms with Crippen LogP contribution in [0, 0.1) is 0 Å². The number of hydrogen-bond donors (Lipinski definition) is 0. The van der Waals surface area contributed by atoms with Gasteiger partial charge in [0.1, 0.15) is 0 Å². The molecule has 0 N–H and O–H groups in total. The minimum atomic E-state index is -0.140. The van der Waals surface area contributed by atoms with Crippen LogP contribution in [-0.2, 0) is 13.2 Å². The standard InChI is InChI=1S/C21H23N3O3/c1-23(14-16-7-5-4-6-8-16)15-24-21(25)12-10-18(22-24)17-9-11-19(26-2)20(13-17)27-3/h4-13H,14-15H2,1-3H3. The van der Waals surface area contributed by atoms with E-state index < -0.39 is 0 Å². The molecule has 2 aromatic carbocycles. The first-order valence-electron chi connectivity index (χ1n) is 8.63. The number of aromatic nitrogens is 2. The van der Waals surface area contributed by atoms with Crippen LogP contribution >= 0.6 is 0 Å². The van der Waals surface area contributed by atoms with E-state index in [9.17, 15) is 4.79 Å². The van der Waals surface area contributed by atoms with Crippen LogP contribution in [0.2, 0.25) is 0 Å². The van der Waals surface area contributed by atoms with Crippen molar-refractivity contribution in [3.8, 4) is 22.8 Å². The predicted molar refractivity (Wildman–Crippen MR) is 105 cm³/mol. The third-order valence-electron chi connectivity index (χ3n) is 4.22. The molecule has 0 spiro atoms. The van der Waals surface area contributed by atoms with Gasteiger partial charge in [0.05, 0.1) is 26.6 Å². The number of methoxy groups -OCH3 is 2. The molecule has 6 heteroatoms. The predicted octanol–water partition coefficient (Wildman–Crippen LogP) is 3.02. The van der Waals surface area contributed by atoms with Crippen LogP contribution in [0.25, 0.3) is 11.3 Å². The summed E-state index contributed by atoms with van der Waals surface area (Å²) < 4.78 is 12.1. The molecule has 0 fully saturated rings. The first-order valence-corrected chi connectivity index (χ1v) is 8.63. The van der Waals surface area contributed by atoms with Crippen molar-refractivity contribution in [2.24, 2.45) is 0 Å². The van der Waals surface area contributed by atoms with Gasteiger partial charge in [0.2, 0.25) is 0 Å². The summed E-state index contributed by atoms with van der Waals surface area (Å²) in [4.78, 5) is 14.3. The van der Waals surface area contributed by atoms with Gasteiger partial charge in [0, 0.05) is 18.2 Å². The van der Waals surface area contributed by atoms with E-state index in [-0.39, 0.29) is 5.56 Å². The van der Waals surface area contributed by atoms with Crippen LogP contribution in [0.3, 0.4) is 0 Å². The van der Waals surface area contributed by atoms with Crippen molar-refractivity contribution < 1.29 is 9.47 Å². The first-order chi connectivity index (χ1) is 13.1. The fraction of sp³-hybridized carbons (Fsp3) is 0.238. The molecule has 0 atom stereocenters. The highest BCUT2D eigenvalue weighted by Crippen LogP contribution is 2.31. The lowest BCUT2D eigenvalue weighted by Gasteiger charge is -2.18. The fourth-order valence-electron chi connectivity index (χ4n) is 2.87. The molecule has 0 radical (unpaired) electrons. The lowest BCUT2D eigenvalue weighted by Crippen LogP contribution is -2.31. The van der Waals surface area contributed by atoms with Crippen LogP contribution in [0.15, 0.2) is 65.5 Å². The Morgan fingerprint density at radius 2 is 1.70 bits per heavy atom. The molecule has 1 heterocycles. The Morgan fingerprint density at radius 1 is 0.963 bits per heavy atom. The molecule has 0 saturated heterocycles. The third kappa shape index (κ3) is 4.54. The molecule has 0 amide bonds. The van der Waals surface area contributed by atoms with Crippen molar-refractivity contribution >= 4 is 0 Å². The zero-order chi connectivity index (χ0) is 19.2. The molecule has 3 aromatic rings. The molecular formula is C21H23N3O3. The zero-order valence-electron chi connectivity index (χ0n) is 15.8. The van der Waals surface area contributed by atoms with Gasteiger partial charge in [-0.05, 0) is 36.9 Å². The molecule has 6 nitrogen and oxygen atoms in total. The average molecular weight is 365 g/mol. The third-order valence-corrected chi connectivity index (χ3v) is 4.22. The van der Waals surface area contributed by atoms with E-state index in [4.69, 9.17) is 9.47 Å². The SMILES string of the molecule is COc1ccc(-c2ccc(=O)n(CN(C)Cc3ccccc3)n2)cc1OC. The molecule has 3 rings (SSSR count). The van der Waals surface area contributed by atoms with Gasteiger partial charge in [-0.15, -0.1) is 0 Å². The Labute approximate surface area is 158 Å². The summed E-state index contributed by atoms with van der Waals surface area (Å²) in [5.74, 6) is 1.27. The second-order valence-electron chi connectivity index (χ2n) is 6.27. The molecule has 140 valence electrons. The molecule has 0 bridgehead atoms. The number of nitrogens with zero attached hydrogens (tertiary/aromatic N) is 3. The average Bonchev–Trinajstić information content (AvgIpc) is 2.69. The van der Waals surface area contributed by atoms with E-state index in [1.807, 2.05) is 48.3 Å². The topological polar surface area (TPSA) is 56.6 Å². The number of benzene rings is 2. The molecule has 0 saturated carbocycles. The summed E-state index contributed by atoms with van der Waals surface area (Å²) in [5, 5.41) is 4.52. The second-order valence-corrected chi connectivity index (χ2v) is 6.27. The normalized spacial score (nSPS) is 10.8. The molecule has 0 aliphatic heterocycles. The highest BCUT2D eigenvalue weighted by Gasteiger charge is 2.10. The number of hydrogen-bond acceptors (Lipinski definition) is 5. The lowest BCUT2D eigenvalue weighted by molar-refractivity contribution is 0.240. The summed E-state index contributed by atoms with van der Waals surface area (Å²) in [6.07, 6.45) is 0. The van der Waals surface area contributed by atoms with Crippen LogP contribution in [0.5, 0.6) is 11.5 Å². The van der Waals surface area contributed by atoms with Gasteiger partial charge in [0.15, 0.2) is 11.5 Å². The second kappa shape index (κ2) is 8.51. The van der Waals surface area contributed by atoms with Crippen molar-refractivity contribution in [1.29, 1.82) is 0 Å². The van der Waals surface area contributed by atoms with Gasteiger partial charge in [-0.25, -0.2) is 4.68 Å². The van der Waals surface area contributed by atoms with Crippen molar-refractivity contribution in [3.63, 3.8) is 0 Å². The smallest absolute Gasteiger partial charge is 0.268 e. The molecule has 0 unspecified atom stereocenters. The van der Waals surface area contributed by atoms with Gasteiger partial charge in [0.25, 0.3) is 5.56 Å². The summed E-state index contributed by atoms with van der Waals surface area (Å²) in [7, 11) is 5.15. The van der Waals surface area contributed by atoms with Crippen LogP contribution in [0.4, 0.5) is 0 Å². The van der Waals surface area contributed by atoms with Gasteiger partial charge in [-0.3, -0.25) is 9.69 Å². The molecule has 27 heavy (non-hydrogen) atoms. The van der Waals surface area contributed by atoms with Crippen LogP contribution in [-0.4, -0.2) is 35.9 Å². The van der Waals surface area contributed by atoms with E-state index in [1.165, 1.54) is 16.3 Å². The van der Waals surface area contributed by atoms with E-state index in [1.54, 1.807) is 20.3 Å².